The molecule has 0 aromatic heterocycles. The topological polar surface area (TPSA) is 26.3 Å². The molecule has 0 heterocycles. The van der Waals surface area contributed by atoms with E-state index in [0.717, 1.165) is 24.2 Å². The van der Waals surface area contributed by atoms with E-state index in [1.54, 1.807) is 7.11 Å². The molecule has 2 rings (SSSR count). The predicted molar refractivity (Wildman–Crippen MR) is 81.1 cm³/mol. The van der Waals surface area contributed by atoms with Gasteiger partial charge in [-0.15, -0.1) is 0 Å². The first-order chi connectivity index (χ1) is 9.78. The molecule has 0 N–H and O–H groups in total. The summed E-state index contributed by atoms with van der Waals surface area (Å²) in [5.74, 6) is 1.12. The molecule has 0 aliphatic rings. The van der Waals surface area contributed by atoms with Gasteiger partial charge in [0.25, 0.3) is 0 Å². The van der Waals surface area contributed by atoms with Crippen LogP contribution in [0.15, 0.2) is 54.6 Å². The number of rotatable bonds is 7. The molecule has 104 valence electrons. The van der Waals surface area contributed by atoms with Crippen LogP contribution in [-0.4, -0.2) is 12.9 Å². The maximum Gasteiger partial charge on any atom is 0.137 e. The summed E-state index contributed by atoms with van der Waals surface area (Å²) in [6.45, 7) is 0. The Morgan fingerprint density at radius 3 is 2.30 bits per heavy atom. The van der Waals surface area contributed by atoms with E-state index in [1.165, 1.54) is 5.56 Å². The van der Waals surface area contributed by atoms with Gasteiger partial charge in [-0.3, -0.25) is 4.79 Å². The summed E-state index contributed by atoms with van der Waals surface area (Å²) in [5, 5.41) is 0. The molecule has 0 fully saturated rings. The Kier molecular flexibility index (Phi) is 5.36. The van der Waals surface area contributed by atoms with Crippen molar-refractivity contribution in [2.24, 2.45) is 0 Å². The van der Waals surface area contributed by atoms with Gasteiger partial charge in [0.1, 0.15) is 11.5 Å². The van der Waals surface area contributed by atoms with Crippen LogP contribution in [0.4, 0.5) is 0 Å². The maximum absolute atomic E-state index is 11.9. The molecule has 2 heteroatoms. The average Bonchev–Trinajstić information content (AvgIpc) is 2.49. The van der Waals surface area contributed by atoms with Crippen molar-refractivity contribution < 1.29 is 9.53 Å². The zero-order valence-electron chi connectivity index (χ0n) is 11.8. The van der Waals surface area contributed by atoms with E-state index in [9.17, 15) is 4.79 Å². The van der Waals surface area contributed by atoms with Gasteiger partial charge in [-0.2, -0.15) is 0 Å². The van der Waals surface area contributed by atoms with Crippen molar-refractivity contribution in [3.05, 3.63) is 65.7 Å². The number of carbonyl (C=O) groups excluding carboxylic acids is 1. The molecule has 0 bridgehead atoms. The van der Waals surface area contributed by atoms with Crippen LogP contribution in [0.25, 0.3) is 0 Å². The van der Waals surface area contributed by atoms with Crippen LogP contribution in [0.3, 0.4) is 0 Å². The van der Waals surface area contributed by atoms with E-state index < -0.39 is 0 Å². The standard InChI is InChI=1S/C18H20O2/c1-20-18-12-10-16(11-13-18)14-17(19)9-5-8-15-6-3-2-4-7-15/h2-4,6-7,10-13H,5,8-9,14H2,1H3. The second kappa shape index (κ2) is 7.49. The number of aryl methyl sites for hydroxylation is 1. The van der Waals surface area contributed by atoms with Crippen molar-refractivity contribution >= 4 is 5.78 Å². The number of benzene rings is 2. The van der Waals surface area contributed by atoms with Crippen molar-refractivity contribution in [3.63, 3.8) is 0 Å². The maximum atomic E-state index is 11.9. The van der Waals surface area contributed by atoms with Crippen LogP contribution >= 0.6 is 0 Å². The predicted octanol–water partition coefficient (Wildman–Crippen LogP) is 3.83. The SMILES string of the molecule is COc1ccc(CC(=O)CCCc2ccccc2)cc1. The lowest BCUT2D eigenvalue weighted by atomic mass is 10.0. The van der Waals surface area contributed by atoms with Crippen molar-refractivity contribution in [2.75, 3.05) is 7.11 Å². The number of ketones is 1. The lowest BCUT2D eigenvalue weighted by Gasteiger charge is -2.04. The minimum atomic E-state index is 0.297. The molecule has 0 amide bonds. The average molecular weight is 268 g/mol. The van der Waals surface area contributed by atoms with Crippen molar-refractivity contribution in [3.8, 4) is 5.75 Å². The lowest BCUT2D eigenvalue weighted by molar-refractivity contribution is -0.118. The zero-order valence-corrected chi connectivity index (χ0v) is 11.8. The van der Waals surface area contributed by atoms with E-state index in [-0.39, 0.29) is 0 Å². The van der Waals surface area contributed by atoms with Crippen LogP contribution in [0, 0.1) is 0 Å². The molecular formula is C18H20O2. The first-order valence-electron chi connectivity index (χ1n) is 6.96. The molecule has 0 atom stereocenters. The third-order valence-corrected chi connectivity index (χ3v) is 3.32. The Morgan fingerprint density at radius 2 is 1.65 bits per heavy atom. The fourth-order valence-corrected chi connectivity index (χ4v) is 2.19. The monoisotopic (exact) mass is 268 g/mol. The smallest absolute Gasteiger partial charge is 0.137 e. The number of Topliss-reactive ketones (excluding diaryl/α,β-unsaturated/α-hetero) is 1. The summed E-state index contributed by atoms with van der Waals surface area (Å²) in [6, 6.07) is 18.0. The highest BCUT2D eigenvalue weighted by Crippen LogP contribution is 2.13. The fraction of sp³-hybridized carbons (Fsp3) is 0.278. The second-order valence-corrected chi connectivity index (χ2v) is 4.90. The highest BCUT2D eigenvalue weighted by Gasteiger charge is 2.04. The molecule has 0 saturated heterocycles. The molecule has 0 aliphatic heterocycles. The molecule has 0 saturated carbocycles. The van der Waals surface area contributed by atoms with Crippen molar-refractivity contribution in [2.45, 2.75) is 25.7 Å². The summed E-state index contributed by atoms with van der Waals surface area (Å²) >= 11 is 0. The molecule has 0 aliphatic carbocycles. The van der Waals surface area contributed by atoms with Crippen molar-refractivity contribution in [1.29, 1.82) is 0 Å². The summed E-state index contributed by atoms with van der Waals surface area (Å²) in [5.41, 5.74) is 2.35. The largest absolute Gasteiger partial charge is 0.497 e. The summed E-state index contributed by atoms with van der Waals surface area (Å²) in [4.78, 5) is 11.9. The molecule has 2 aromatic carbocycles. The molecular weight excluding hydrogens is 248 g/mol. The Bertz CT molecular complexity index is 529. The first-order valence-corrected chi connectivity index (χ1v) is 6.96. The minimum Gasteiger partial charge on any atom is -0.497 e. The highest BCUT2D eigenvalue weighted by atomic mass is 16.5. The number of carbonyl (C=O) groups is 1. The first kappa shape index (κ1) is 14.3. The highest BCUT2D eigenvalue weighted by molar-refractivity contribution is 5.80. The molecule has 20 heavy (non-hydrogen) atoms. The summed E-state index contributed by atoms with van der Waals surface area (Å²) < 4.78 is 5.10. The van der Waals surface area contributed by atoms with Gasteiger partial charge in [0, 0.05) is 12.8 Å². The fourth-order valence-electron chi connectivity index (χ4n) is 2.19. The third kappa shape index (κ3) is 4.54. The Balaban J connectivity index is 1.74. The Labute approximate surface area is 120 Å². The Morgan fingerprint density at radius 1 is 0.950 bits per heavy atom. The van der Waals surface area contributed by atoms with Gasteiger partial charge in [0.15, 0.2) is 0 Å². The van der Waals surface area contributed by atoms with E-state index in [2.05, 4.69) is 12.1 Å². The van der Waals surface area contributed by atoms with E-state index in [1.807, 2.05) is 42.5 Å². The molecule has 2 nitrogen and oxygen atoms in total. The molecule has 0 radical (unpaired) electrons. The van der Waals surface area contributed by atoms with Gasteiger partial charge in [-0.25, -0.2) is 0 Å². The number of hydrogen-bond donors (Lipinski definition) is 0. The summed E-state index contributed by atoms with van der Waals surface area (Å²) in [7, 11) is 1.64. The van der Waals surface area contributed by atoms with Crippen LogP contribution < -0.4 is 4.74 Å². The third-order valence-electron chi connectivity index (χ3n) is 3.32. The summed E-state index contributed by atoms with van der Waals surface area (Å²) in [6.07, 6.45) is 3.04. The Hall–Kier alpha value is -2.09. The molecule has 0 unspecified atom stereocenters. The van der Waals surface area contributed by atoms with Gasteiger partial charge in [-0.05, 0) is 36.1 Å². The molecule has 2 aromatic rings. The van der Waals surface area contributed by atoms with E-state index in [4.69, 9.17) is 4.74 Å². The van der Waals surface area contributed by atoms with Crippen LogP contribution in [0.5, 0.6) is 5.75 Å². The van der Waals surface area contributed by atoms with Gasteiger partial charge in [-0.1, -0.05) is 42.5 Å². The number of ether oxygens (including phenoxy) is 1. The van der Waals surface area contributed by atoms with Crippen LogP contribution in [-0.2, 0) is 17.6 Å². The quantitative estimate of drug-likeness (QED) is 0.763. The zero-order chi connectivity index (χ0) is 14.2. The minimum absolute atomic E-state index is 0.297. The second-order valence-electron chi connectivity index (χ2n) is 4.90. The number of methoxy groups -OCH3 is 1. The van der Waals surface area contributed by atoms with E-state index >= 15 is 0 Å². The van der Waals surface area contributed by atoms with Crippen LogP contribution in [0.1, 0.15) is 24.0 Å². The van der Waals surface area contributed by atoms with Gasteiger partial charge in [0.05, 0.1) is 7.11 Å². The molecule has 0 spiro atoms. The number of hydrogen-bond acceptors (Lipinski definition) is 2. The van der Waals surface area contributed by atoms with Gasteiger partial charge >= 0.3 is 0 Å². The van der Waals surface area contributed by atoms with Crippen LogP contribution in [0.2, 0.25) is 0 Å². The van der Waals surface area contributed by atoms with Gasteiger partial charge in [0.2, 0.25) is 0 Å². The normalized spacial score (nSPS) is 10.2. The van der Waals surface area contributed by atoms with E-state index in [0.29, 0.717) is 18.6 Å². The lowest BCUT2D eigenvalue weighted by Crippen LogP contribution is -2.03. The van der Waals surface area contributed by atoms with Crippen molar-refractivity contribution in [1.82, 2.24) is 0 Å². The van der Waals surface area contributed by atoms with Gasteiger partial charge < -0.3 is 4.74 Å².